The third-order valence-electron chi connectivity index (χ3n) is 9.22. The molecule has 0 bridgehead atoms. The van der Waals surface area contributed by atoms with Crippen molar-refractivity contribution in [1.82, 2.24) is 20.1 Å². The van der Waals surface area contributed by atoms with E-state index in [0.29, 0.717) is 0 Å². The molecule has 3 heterocycles. The Morgan fingerprint density at radius 2 is 1.56 bits per heavy atom. The van der Waals surface area contributed by atoms with Crippen molar-refractivity contribution in [3.05, 3.63) is 71.2 Å². The zero-order valence-electron chi connectivity index (χ0n) is 22.4. The Labute approximate surface area is 216 Å². The fraction of sp³-hybridized carbons (Fsp3) is 0.548. The van der Waals surface area contributed by atoms with Crippen molar-refractivity contribution in [1.29, 1.82) is 0 Å². The molecule has 1 aliphatic carbocycles. The fourth-order valence-electron chi connectivity index (χ4n) is 7.09. The molecule has 6 rings (SSSR count). The second-order valence-electron chi connectivity index (χ2n) is 11.3. The number of aryl methyl sites for hydroxylation is 1. The van der Waals surface area contributed by atoms with Gasteiger partial charge >= 0.3 is 0 Å². The summed E-state index contributed by atoms with van der Waals surface area (Å²) in [5.41, 5.74) is 5.06. The molecule has 0 amide bonds. The summed E-state index contributed by atoms with van der Waals surface area (Å²) in [6.45, 7) is 7.12. The first kappa shape index (κ1) is 25.4. The summed E-state index contributed by atoms with van der Waals surface area (Å²) >= 11 is 0. The third-order valence-corrected chi connectivity index (χ3v) is 9.22. The van der Waals surface area contributed by atoms with Crippen molar-refractivity contribution in [2.75, 3.05) is 40.3 Å². The summed E-state index contributed by atoms with van der Waals surface area (Å²) in [5.74, 6) is -0.137. The molecule has 36 heavy (non-hydrogen) atoms. The van der Waals surface area contributed by atoms with Gasteiger partial charge in [-0.25, -0.2) is 4.39 Å². The summed E-state index contributed by atoms with van der Waals surface area (Å²) in [5, 5.41) is 4.56. The van der Waals surface area contributed by atoms with Crippen LogP contribution in [0.25, 0.3) is 10.9 Å². The molecule has 2 N–H and O–H groups in total. The molecule has 2 aromatic carbocycles. The van der Waals surface area contributed by atoms with Crippen molar-refractivity contribution in [2.24, 2.45) is 0 Å². The number of para-hydroxylation sites is 1. The zero-order valence-corrected chi connectivity index (χ0v) is 22.4. The van der Waals surface area contributed by atoms with Gasteiger partial charge in [-0.3, -0.25) is 9.80 Å². The van der Waals surface area contributed by atoms with Crippen LogP contribution in [0.3, 0.4) is 0 Å². The van der Waals surface area contributed by atoms with E-state index in [0.717, 1.165) is 31.2 Å². The van der Waals surface area contributed by atoms with Crippen LogP contribution in [0.4, 0.5) is 4.39 Å². The third kappa shape index (κ3) is 4.62. The molecule has 2 saturated heterocycles. The molecule has 1 aromatic heterocycles. The molecule has 5 heteroatoms. The van der Waals surface area contributed by atoms with E-state index in [2.05, 4.69) is 71.5 Å². The summed E-state index contributed by atoms with van der Waals surface area (Å²) in [6, 6.07) is 16.0. The van der Waals surface area contributed by atoms with Crippen molar-refractivity contribution in [3.63, 3.8) is 0 Å². The van der Waals surface area contributed by atoms with Crippen LogP contribution in [0.1, 0.15) is 68.2 Å². The normalized spacial score (nSPS) is 26.9. The minimum atomic E-state index is -0.137. The molecule has 194 valence electrons. The molecule has 2 aliphatic heterocycles. The first-order valence-electron chi connectivity index (χ1n) is 13.9. The average Bonchev–Trinajstić information content (AvgIpc) is 3.68. The number of likely N-dealkylation sites (tertiary alicyclic amines) is 1. The molecule has 1 saturated carbocycles. The maximum atomic E-state index is 14.2. The topological polar surface area (TPSA) is 34.3 Å². The van der Waals surface area contributed by atoms with E-state index in [-0.39, 0.29) is 16.9 Å². The standard InChI is InChI=1S/C27H34FN3.C4H9N/c1-20-23-11-4-5-12-24(23)29-25(20)27(31-17-6-7-18-31)15-13-26(14-16-27,30(2)3)21-9-8-10-22(28)19-21;1-2-4-5-3-1/h4-5,8-12,19,29H,6-7,13-18H2,1-3H3;5H,1-4H2. The molecular formula is C31H43FN4. The number of hydrogen-bond acceptors (Lipinski definition) is 3. The second kappa shape index (κ2) is 10.6. The fourth-order valence-corrected chi connectivity index (χ4v) is 7.09. The minimum absolute atomic E-state index is 0.0342. The lowest BCUT2D eigenvalue weighted by Crippen LogP contribution is -2.54. The number of H-pyrrole nitrogens is 1. The largest absolute Gasteiger partial charge is 0.357 e. The maximum absolute atomic E-state index is 14.2. The van der Waals surface area contributed by atoms with Crippen LogP contribution in [-0.4, -0.2) is 55.1 Å². The smallest absolute Gasteiger partial charge is 0.123 e. The van der Waals surface area contributed by atoms with Gasteiger partial charge in [0.15, 0.2) is 0 Å². The Bertz CT molecular complexity index is 1140. The molecule has 0 spiro atoms. The lowest BCUT2D eigenvalue weighted by molar-refractivity contribution is -0.00620. The summed E-state index contributed by atoms with van der Waals surface area (Å²) < 4.78 is 14.2. The Hall–Kier alpha value is -2.21. The van der Waals surface area contributed by atoms with Crippen LogP contribution >= 0.6 is 0 Å². The van der Waals surface area contributed by atoms with E-state index < -0.39 is 0 Å². The zero-order chi connectivity index (χ0) is 25.2. The van der Waals surface area contributed by atoms with E-state index >= 15 is 0 Å². The lowest BCUT2D eigenvalue weighted by Gasteiger charge is -2.53. The number of rotatable bonds is 4. The predicted octanol–water partition coefficient (Wildman–Crippen LogP) is 6.31. The van der Waals surface area contributed by atoms with E-state index in [1.165, 1.54) is 74.0 Å². The van der Waals surface area contributed by atoms with Gasteiger partial charge in [-0.2, -0.15) is 0 Å². The van der Waals surface area contributed by atoms with Crippen molar-refractivity contribution < 1.29 is 4.39 Å². The van der Waals surface area contributed by atoms with Gasteiger partial charge in [-0.05, 0) is 128 Å². The number of benzene rings is 2. The maximum Gasteiger partial charge on any atom is 0.123 e. The minimum Gasteiger partial charge on any atom is -0.357 e. The van der Waals surface area contributed by atoms with E-state index in [1.54, 1.807) is 12.1 Å². The average molecular weight is 491 g/mol. The van der Waals surface area contributed by atoms with Gasteiger partial charge in [0.05, 0.1) is 5.54 Å². The molecule has 3 fully saturated rings. The van der Waals surface area contributed by atoms with Gasteiger partial charge < -0.3 is 10.3 Å². The Kier molecular flexibility index (Phi) is 7.52. The molecule has 0 atom stereocenters. The number of halogens is 1. The number of nitrogens with zero attached hydrogens (tertiary/aromatic N) is 2. The van der Waals surface area contributed by atoms with E-state index in [1.807, 2.05) is 6.07 Å². The van der Waals surface area contributed by atoms with Crippen LogP contribution in [0.15, 0.2) is 48.5 Å². The van der Waals surface area contributed by atoms with Gasteiger partial charge in [-0.1, -0.05) is 30.3 Å². The first-order valence-corrected chi connectivity index (χ1v) is 13.9. The Morgan fingerprint density at radius 3 is 2.14 bits per heavy atom. The highest BCUT2D eigenvalue weighted by Gasteiger charge is 2.50. The van der Waals surface area contributed by atoms with Crippen molar-refractivity contribution >= 4 is 10.9 Å². The predicted molar refractivity (Wildman–Crippen MR) is 148 cm³/mol. The van der Waals surface area contributed by atoms with Crippen molar-refractivity contribution in [2.45, 2.75) is 69.4 Å². The number of hydrogen-bond donors (Lipinski definition) is 2. The molecule has 4 nitrogen and oxygen atoms in total. The van der Waals surface area contributed by atoms with Crippen molar-refractivity contribution in [3.8, 4) is 0 Å². The van der Waals surface area contributed by atoms with Crippen LogP contribution in [0.2, 0.25) is 0 Å². The second-order valence-corrected chi connectivity index (χ2v) is 11.3. The van der Waals surface area contributed by atoms with E-state index in [4.69, 9.17) is 0 Å². The van der Waals surface area contributed by atoms with Crippen LogP contribution < -0.4 is 5.32 Å². The number of aromatic nitrogens is 1. The Morgan fingerprint density at radius 1 is 0.861 bits per heavy atom. The van der Waals surface area contributed by atoms with Crippen LogP contribution in [0, 0.1) is 12.7 Å². The molecule has 0 unspecified atom stereocenters. The summed E-state index contributed by atoms with van der Waals surface area (Å²) in [4.78, 5) is 8.91. The number of nitrogens with one attached hydrogen (secondary N) is 2. The molecule has 0 radical (unpaired) electrons. The quantitative estimate of drug-likeness (QED) is 0.450. The monoisotopic (exact) mass is 490 g/mol. The van der Waals surface area contributed by atoms with E-state index in [9.17, 15) is 4.39 Å². The van der Waals surface area contributed by atoms with Gasteiger partial charge in [0.2, 0.25) is 0 Å². The number of aromatic amines is 1. The molecule has 3 aromatic rings. The highest BCUT2D eigenvalue weighted by atomic mass is 19.1. The first-order chi connectivity index (χ1) is 17.5. The van der Waals surface area contributed by atoms with Gasteiger partial charge in [0.25, 0.3) is 0 Å². The van der Waals surface area contributed by atoms with Gasteiger partial charge in [0, 0.05) is 22.1 Å². The van der Waals surface area contributed by atoms with Gasteiger partial charge in [-0.15, -0.1) is 0 Å². The van der Waals surface area contributed by atoms with Crippen LogP contribution in [0.5, 0.6) is 0 Å². The molecular weight excluding hydrogens is 447 g/mol. The molecule has 3 aliphatic rings. The van der Waals surface area contributed by atoms with Gasteiger partial charge in [0.1, 0.15) is 5.82 Å². The highest BCUT2D eigenvalue weighted by molar-refractivity contribution is 5.84. The summed E-state index contributed by atoms with van der Waals surface area (Å²) in [7, 11) is 4.31. The number of fused-ring (bicyclic) bond motifs is 1. The highest BCUT2D eigenvalue weighted by Crippen LogP contribution is 2.52. The lowest BCUT2D eigenvalue weighted by atomic mass is 9.66. The summed E-state index contributed by atoms with van der Waals surface area (Å²) in [6.07, 6.45) is 9.54. The Balaban J connectivity index is 0.000000477. The SMILES string of the molecule is C1CCNC1.Cc1c(C2(N3CCCC3)CCC(c3cccc(F)c3)(N(C)C)CC2)[nH]c2ccccc12. The van der Waals surface area contributed by atoms with Crippen LogP contribution in [-0.2, 0) is 11.1 Å².